The number of fused-ring (bicyclic) bond motifs is 1. The highest BCUT2D eigenvalue weighted by molar-refractivity contribution is 6.30. The highest BCUT2D eigenvalue weighted by atomic mass is 35.5. The third-order valence-electron chi connectivity index (χ3n) is 8.45. The van der Waals surface area contributed by atoms with E-state index in [0.717, 1.165) is 41.0 Å². The average Bonchev–Trinajstić information content (AvgIpc) is 3.52. The minimum atomic E-state index is -1.03. The lowest BCUT2D eigenvalue weighted by Crippen LogP contribution is -2.35. The van der Waals surface area contributed by atoms with Crippen molar-refractivity contribution in [2.75, 3.05) is 25.2 Å². The molecule has 2 aliphatic heterocycles. The number of hydrogen-bond donors (Lipinski definition) is 2. The quantitative estimate of drug-likeness (QED) is 0.277. The van der Waals surface area contributed by atoms with Crippen molar-refractivity contribution in [2.24, 2.45) is 5.92 Å². The summed E-state index contributed by atoms with van der Waals surface area (Å²) in [5.74, 6) is -2.50. The molecule has 0 spiro atoms. The number of anilines is 1. The predicted octanol–water partition coefficient (Wildman–Crippen LogP) is 6.35. The number of aryl methyl sites for hydroxylation is 2. The number of carbonyl (C=O) groups is 2. The van der Waals surface area contributed by atoms with Crippen LogP contribution in [0.4, 0.5) is 10.1 Å². The summed E-state index contributed by atoms with van der Waals surface area (Å²) in [6.45, 7) is 4.06. The first kappa shape index (κ1) is 29.3. The maximum Gasteiger partial charge on any atom is 0.309 e. The number of aliphatic carboxylic acids is 1. The maximum atomic E-state index is 15.0. The van der Waals surface area contributed by atoms with Crippen molar-refractivity contribution in [3.8, 4) is 17.2 Å². The van der Waals surface area contributed by atoms with Gasteiger partial charge in [-0.05, 0) is 84.3 Å². The van der Waals surface area contributed by atoms with Crippen molar-refractivity contribution < 1.29 is 33.3 Å². The van der Waals surface area contributed by atoms with Gasteiger partial charge in [0.1, 0.15) is 5.75 Å². The summed E-state index contributed by atoms with van der Waals surface area (Å²) in [7, 11) is 0. The van der Waals surface area contributed by atoms with Crippen LogP contribution in [0.3, 0.4) is 0 Å². The van der Waals surface area contributed by atoms with Crippen LogP contribution in [-0.2, 0) is 22.4 Å². The summed E-state index contributed by atoms with van der Waals surface area (Å²) in [5, 5.41) is 14.3. The molecule has 1 saturated carbocycles. The zero-order valence-corrected chi connectivity index (χ0v) is 24.8. The molecule has 3 aromatic rings. The number of rotatable bonds is 10. The molecule has 2 heterocycles. The Kier molecular flexibility index (Phi) is 8.20. The van der Waals surface area contributed by atoms with E-state index in [0.29, 0.717) is 23.4 Å². The molecule has 2 N–H and O–H groups in total. The van der Waals surface area contributed by atoms with Gasteiger partial charge in [0.15, 0.2) is 11.6 Å². The minimum Gasteiger partial charge on any atom is -0.490 e. The van der Waals surface area contributed by atoms with Crippen LogP contribution in [0.1, 0.15) is 60.9 Å². The van der Waals surface area contributed by atoms with Crippen molar-refractivity contribution in [1.29, 1.82) is 0 Å². The van der Waals surface area contributed by atoms with Gasteiger partial charge in [-0.1, -0.05) is 37.6 Å². The number of nitrogens with zero attached hydrogens (tertiary/aromatic N) is 1. The number of halogens is 2. The Morgan fingerprint density at radius 1 is 1.05 bits per heavy atom. The Labute approximate surface area is 254 Å². The van der Waals surface area contributed by atoms with Crippen molar-refractivity contribution in [3.05, 3.63) is 81.6 Å². The van der Waals surface area contributed by atoms with Crippen LogP contribution in [0.2, 0.25) is 5.02 Å². The monoisotopic (exact) mass is 608 g/mol. The number of carboxylic acid groups (broad SMARTS) is 1. The van der Waals surface area contributed by atoms with Gasteiger partial charge in [0.2, 0.25) is 18.4 Å². The van der Waals surface area contributed by atoms with Crippen LogP contribution >= 0.6 is 11.6 Å². The lowest BCUT2D eigenvalue weighted by molar-refractivity contribution is -0.143. The van der Waals surface area contributed by atoms with Gasteiger partial charge in [-0.3, -0.25) is 14.5 Å². The van der Waals surface area contributed by atoms with Crippen molar-refractivity contribution in [1.82, 2.24) is 4.90 Å². The average molecular weight is 609 g/mol. The number of benzene rings is 3. The fraction of sp³-hybridized carbons (Fsp3) is 0.394. The van der Waals surface area contributed by atoms with Gasteiger partial charge >= 0.3 is 5.97 Å². The van der Waals surface area contributed by atoms with Crippen LogP contribution < -0.4 is 19.5 Å². The molecule has 1 aliphatic carbocycles. The first-order valence-electron chi connectivity index (χ1n) is 14.7. The second kappa shape index (κ2) is 12.1. The van der Waals surface area contributed by atoms with Gasteiger partial charge in [0, 0.05) is 29.2 Å². The molecule has 10 heteroatoms. The standard InChI is InChI=1S/C33H34ClFN2O6/c1-3-18-11-22(34)12-19(4-2)30(18)36-28(38)16-37-15-25(21-13-26(35)32-27(14-21)41-17-42-32)29(33(39)40)31(37)20-5-7-23(8-6-20)43-24-9-10-24/h5-8,11-14,24-25,29,31H,3-4,9-10,15-17H2,1-2H3,(H,36,38)(H,39,40)/t25-,29?,31+/m1/s1. The Balaban J connectivity index is 1.34. The Hall–Kier alpha value is -3.82. The SMILES string of the molecule is CCc1cc(Cl)cc(CC)c1NC(=O)CN1C[C@H](c2cc(F)c3c(c2)OCO3)C(C(=O)O)[C@@H]1c1ccc(OC2CC2)cc1. The minimum absolute atomic E-state index is 0.0223. The van der Waals surface area contributed by atoms with Crippen molar-refractivity contribution in [2.45, 2.75) is 57.6 Å². The number of hydrogen-bond acceptors (Lipinski definition) is 6. The molecule has 3 aliphatic rings. The van der Waals surface area contributed by atoms with Gasteiger partial charge in [0.05, 0.1) is 18.6 Å². The smallest absolute Gasteiger partial charge is 0.309 e. The molecule has 43 heavy (non-hydrogen) atoms. The topological polar surface area (TPSA) is 97.3 Å². The summed E-state index contributed by atoms with van der Waals surface area (Å²) in [4.78, 5) is 28.4. The predicted molar refractivity (Wildman–Crippen MR) is 160 cm³/mol. The van der Waals surface area contributed by atoms with E-state index >= 15 is 0 Å². The molecule has 3 aromatic carbocycles. The van der Waals surface area contributed by atoms with E-state index in [9.17, 15) is 19.1 Å². The van der Waals surface area contributed by atoms with Crippen molar-refractivity contribution in [3.63, 3.8) is 0 Å². The highest BCUT2D eigenvalue weighted by Gasteiger charge is 2.48. The lowest BCUT2D eigenvalue weighted by atomic mass is 9.82. The zero-order valence-electron chi connectivity index (χ0n) is 24.1. The number of amides is 1. The van der Waals surface area contributed by atoms with Gasteiger partial charge in [-0.15, -0.1) is 0 Å². The maximum absolute atomic E-state index is 15.0. The summed E-state index contributed by atoms with van der Waals surface area (Å²) >= 11 is 6.32. The molecule has 2 fully saturated rings. The molecule has 1 unspecified atom stereocenters. The first-order chi connectivity index (χ1) is 20.7. The fourth-order valence-electron chi connectivity index (χ4n) is 6.26. The summed E-state index contributed by atoms with van der Waals surface area (Å²) in [6.07, 6.45) is 3.64. The zero-order chi connectivity index (χ0) is 30.2. The third-order valence-corrected chi connectivity index (χ3v) is 8.67. The molecular weight excluding hydrogens is 575 g/mol. The van der Waals surface area contributed by atoms with Gasteiger partial charge in [-0.2, -0.15) is 0 Å². The molecule has 6 rings (SSSR count). The summed E-state index contributed by atoms with van der Waals surface area (Å²) < 4.78 is 31.5. The largest absolute Gasteiger partial charge is 0.490 e. The van der Waals surface area contributed by atoms with E-state index in [1.165, 1.54) is 6.07 Å². The van der Waals surface area contributed by atoms with Crippen LogP contribution in [0.25, 0.3) is 0 Å². The van der Waals surface area contributed by atoms with E-state index in [1.807, 2.05) is 55.1 Å². The van der Waals surface area contributed by atoms with Crippen LogP contribution in [-0.4, -0.2) is 47.9 Å². The number of ether oxygens (including phenoxy) is 3. The molecule has 0 radical (unpaired) electrons. The molecule has 0 aromatic heterocycles. The number of nitrogens with one attached hydrogen (secondary N) is 1. The number of carbonyl (C=O) groups excluding carboxylic acids is 1. The molecule has 8 nitrogen and oxygen atoms in total. The molecule has 1 saturated heterocycles. The Morgan fingerprint density at radius 2 is 1.74 bits per heavy atom. The van der Waals surface area contributed by atoms with Gasteiger partial charge in [-0.25, -0.2) is 4.39 Å². The number of carboxylic acids is 1. The van der Waals surface area contributed by atoms with E-state index in [4.69, 9.17) is 25.8 Å². The lowest BCUT2D eigenvalue weighted by Gasteiger charge is -2.27. The summed E-state index contributed by atoms with van der Waals surface area (Å²) in [5.41, 5.74) is 3.82. The van der Waals surface area contributed by atoms with E-state index in [1.54, 1.807) is 6.07 Å². The van der Waals surface area contributed by atoms with E-state index in [-0.39, 0.29) is 43.4 Å². The molecule has 226 valence electrons. The molecule has 1 amide bonds. The van der Waals surface area contributed by atoms with Crippen LogP contribution in [0.5, 0.6) is 17.2 Å². The second-order valence-corrected chi connectivity index (χ2v) is 11.8. The van der Waals surface area contributed by atoms with E-state index in [2.05, 4.69) is 5.32 Å². The first-order valence-corrected chi connectivity index (χ1v) is 15.1. The van der Waals surface area contributed by atoms with Gasteiger partial charge in [0.25, 0.3) is 0 Å². The van der Waals surface area contributed by atoms with Crippen molar-refractivity contribution >= 4 is 29.2 Å². The third kappa shape index (κ3) is 6.01. The summed E-state index contributed by atoms with van der Waals surface area (Å²) in [6, 6.07) is 13.4. The highest BCUT2D eigenvalue weighted by Crippen LogP contribution is 2.48. The molecule has 3 atom stereocenters. The number of likely N-dealkylation sites (tertiary alicyclic amines) is 1. The second-order valence-electron chi connectivity index (χ2n) is 11.3. The van der Waals surface area contributed by atoms with Gasteiger partial charge < -0.3 is 24.6 Å². The Morgan fingerprint density at radius 3 is 2.37 bits per heavy atom. The molecular formula is C33H34ClFN2O6. The molecule has 0 bridgehead atoms. The normalized spacial score (nSPS) is 21.2. The van der Waals surface area contributed by atoms with E-state index < -0.39 is 29.7 Å². The van der Waals surface area contributed by atoms with Crippen LogP contribution in [0, 0.1) is 11.7 Å². The van der Waals surface area contributed by atoms with Crippen LogP contribution in [0.15, 0.2) is 48.5 Å². The Bertz CT molecular complexity index is 1520. The fourth-order valence-corrected chi connectivity index (χ4v) is 6.52.